The van der Waals surface area contributed by atoms with Crippen LogP contribution in [0.25, 0.3) is 0 Å². The molecule has 22 heavy (non-hydrogen) atoms. The molecule has 0 radical (unpaired) electrons. The van der Waals surface area contributed by atoms with Gasteiger partial charge in [-0.25, -0.2) is 4.98 Å². The zero-order valence-electron chi connectivity index (χ0n) is 13.7. The molecule has 0 aromatic carbocycles. The van der Waals surface area contributed by atoms with Crippen LogP contribution >= 0.6 is 11.8 Å². The lowest BCUT2D eigenvalue weighted by Gasteiger charge is -2.18. The summed E-state index contributed by atoms with van der Waals surface area (Å²) in [6, 6.07) is 5.61. The summed E-state index contributed by atoms with van der Waals surface area (Å²) in [5.74, 6) is 2.34. The van der Waals surface area contributed by atoms with Crippen LogP contribution in [0, 0.1) is 23.2 Å². The van der Waals surface area contributed by atoms with Crippen molar-refractivity contribution in [3.63, 3.8) is 0 Å². The van der Waals surface area contributed by atoms with E-state index in [0.29, 0.717) is 18.2 Å². The van der Waals surface area contributed by atoms with Gasteiger partial charge in [-0.05, 0) is 17.2 Å². The largest absolute Gasteiger partial charge is 0.462 e. The van der Waals surface area contributed by atoms with Crippen molar-refractivity contribution in [1.29, 1.82) is 5.26 Å². The Bertz CT molecular complexity index is 506. The highest BCUT2D eigenvalue weighted by Gasteiger charge is 2.19. The Labute approximate surface area is 137 Å². The highest BCUT2D eigenvalue weighted by molar-refractivity contribution is 7.99. The second-order valence-corrected chi connectivity index (χ2v) is 7.15. The van der Waals surface area contributed by atoms with Gasteiger partial charge in [0.2, 0.25) is 5.88 Å². The van der Waals surface area contributed by atoms with E-state index in [-0.39, 0.29) is 23.6 Å². The standard InChI is InChI=1S/C17H24N2O2S/c1-12(2)11-22-16(9-15(20)13(3)4)14-5-6-17(19-10-14)21-8-7-18/h5-6,10,12-13,16H,8-9,11H2,1-4H3. The summed E-state index contributed by atoms with van der Waals surface area (Å²) < 4.78 is 5.16. The first kappa shape index (κ1) is 18.5. The lowest BCUT2D eigenvalue weighted by molar-refractivity contribution is -0.121. The van der Waals surface area contributed by atoms with E-state index in [2.05, 4.69) is 18.8 Å². The molecule has 1 atom stereocenters. The summed E-state index contributed by atoms with van der Waals surface area (Å²) in [6.07, 6.45) is 2.27. The fourth-order valence-corrected chi connectivity index (χ4v) is 3.01. The maximum absolute atomic E-state index is 12.1. The Balaban J connectivity index is 2.80. The number of nitrogens with zero attached hydrogens (tertiary/aromatic N) is 2. The fraction of sp³-hybridized carbons (Fsp3) is 0.588. The molecule has 1 aromatic rings. The number of ether oxygens (including phenoxy) is 1. The Kier molecular flexibility index (Phi) is 7.97. The van der Waals surface area contributed by atoms with Gasteiger partial charge in [0.1, 0.15) is 11.9 Å². The average Bonchev–Trinajstić information content (AvgIpc) is 2.49. The molecule has 0 aliphatic carbocycles. The van der Waals surface area contributed by atoms with Gasteiger partial charge in [0.25, 0.3) is 0 Å². The predicted molar refractivity (Wildman–Crippen MR) is 89.8 cm³/mol. The van der Waals surface area contributed by atoms with Gasteiger partial charge in [-0.1, -0.05) is 33.8 Å². The highest BCUT2D eigenvalue weighted by Crippen LogP contribution is 2.34. The number of aromatic nitrogens is 1. The molecule has 0 fully saturated rings. The van der Waals surface area contributed by atoms with Crippen LogP contribution in [0.2, 0.25) is 0 Å². The molecule has 1 unspecified atom stereocenters. The molecule has 0 spiro atoms. The summed E-state index contributed by atoms with van der Waals surface area (Å²) in [7, 11) is 0. The molecule has 120 valence electrons. The van der Waals surface area contributed by atoms with Crippen LogP contribution < -0.4 is 4.74 Å². The molecule has 5 heteroatoms. The van der Waals surface area contributed by atoms with Crippen molar-refractivity contribution in [3.8, 4) is 11.9 Å². The number of Topliss-reactive ketones (excluding diaryl/α,β-unsaturated/α-hetero) is 1. The van der Waals surface area contributed by atoms with Gasteiger partial charge in [0.15, 0.2) is 6.61 Å². The van der Waals surface area contributed by atoms with Crippen LogP contribution in [0.3, 0.4) is 0 Å². The van der Waals surface area contributed by atoms with Crippen molar-refractivity contribution in [2.45, 2.75) is 39.4 Å². The second kappa shape index (κ2) is 9.47. The maximum Gasteiger partial charge on any atom is 0.214 e. The van der Waals surface area contributed by atoms with Gasteiger partial charge in [-0.15, -0.1) is 0 Å². The van der Waals surface area contributed by atoms with Crippen LogP contribution in [-0.4, -0.2) is 23.1 Å². The number of pyridine rings is 1. The van der Waals surface area contributed by atoms with E-state index in [1.807, 2.05) is 26.0 Å². The molecule has 0 amide bonds. The number of nitriles is 1. The summed E-state index contributed by atoms with van der Waals surface area (Å²) in [5.41, 5.74) is 1.03. The van der Waals surface area contributed by atoms with E-state index in [1.54, 1.807) is 24.0 Å². The predicted octanol–water partition coefficient (Wildman–Crippen LogP) is 4.03. The third kappa shape index (κ3) is 6.48. The zero-order valence-corrected chi connectivity index (χ0v) is 14.5. The lowest BCUT2D eigenvalue weighted by Crippen LogP contribution is -2.12. The van der Waals surface area contributed by atoms with Crippen LogP contribution in [0.15, 0.2) is 18.3 Å². The summed E-state index contributed by atoms with van der Waals surface area (Å²) >= 11 is 1.80. The van der Waals surface area contributed by atoms with E-state index in [1.165, 1.54) is 0 Å². The first-order valence-corrected chi connectivity index (χ1v) is 8.59. The third-order valence-corrected chi connectivity index (χ3v) is 4.78. The van der Waals surface area contributed by atoms with Gasteiger partial charge in [0.05, 0.1) is 0 Å². The normalized spacial score (nSPS) is 12.2. The molecule has 0 bridgehead atoms. The van der Waals surface area contributed by atoms with Crippen molar-refractivity contribution >= 4 is 17.5 Å². The van der Waals surface area contributed by atoms with Crippen molar-refractivity contribution in [3.05, 3.63) is 23.9 Å². The van der Waals surface area contributed by atoms with Crippen molar-refractivity contribution in [2.75, 3.05) is 12.4 Å². The molecular weight excluding hydrogens is 296 g/mol. The molecule has 4 nitrogen and oxygen atoms in total. The maximum atomic E-state index is 12.1. The van der Waals surface area contributed by atoms with Gasteiger partial charge in [-0.3, -0.25) is 4.79 Å². The Hall–Kier alpha value is -1.54. The molecule has 0 saturated heterocycles. The first-order valence-electron chi connectivity index (χ1n) is 7.54. The molecule has 0 aliphatic rings. The number of rotatable bonds is 9. The molecule has 0 N–H and O–H groups in total. The number of hydrogen-bond acceptors (Lipinski definition) is 5. The minimum atomic E-state index is -0.0102. The van der Waals surface area contributed by atoms with Crippen LogP contribution in [0.4, 0.5) is 0 Å². The number of carbonyl (C=O) groups excluding carboxylic acids is 1. The fourth-order valence-electron chi connectivity index (χ4n) is 1.77. The van der Waals surface area contributed by atoms with Gasteiger partial charge in [-0.2, -0.15) is 17.0 Å². The minimum absolute atomic E-state index is 0.0102. The smallest absolute Gasteiger partial charge is 0.214 e. The summed E-state index contributed by atoms with van der Waals surface area (Å²) in [5, 5.41) is 8.62. The molecule has 1 rings (SSSR count). The van der Waals surface area contributed by atoms with E-state index in [0.717, 1.165) is 11.3 Å². The monoisotopic (exact) mass is 320 g/mol. The van der Waals surface area contributed by atoms with Gasteiger partial charge >= 0.3 is 0 Å². The van der Waals surface area contributed by atoms with Crippen molar-refractivity contribution < 1.29 is 9.53 Å². The number of ketones is 1. The second-order valence-electron chi connectivity index (χ2n) is 5.92. The summed E-state index contributed by atoms with van der Waals surface area (Å²) in [6.45, 7) is 8.20. The zero-order chi connectivity index (χ0) is 16.5. The Morgan fingerprint density at radius 2 is 2.09 bits per heavy atom. The molecule has 1 aromatic heterocycles. The van der Waals surface area contributed by atoms with E-state index >= 15 is 0 Å². The number of hydrogen-bond donors (Lipinski definition) is 0. The minimum Gasteiger partial charge on any atom is -0.462 e. The highest BCUT2D eigenvalue weighted by atomic mass is 32.2. The van der Waals surface area contributed by atoms with E-state index < -0.39 is 0 Å². The molecule has 0 aliphatic heterocycles. The molecular formula is C17H24N2O2S. The van der Waals surface area contributed by atoms with Crippen molar-refractivity contribution in [2.24, 2.45) is 11.8 Å². The van der Waals surface area contributed by atoms with E-state index in [9.17, 15) is 4.79 Å². The number of carbonyl (C=O) groups is 1. The quantitative estimate of drug-likeness (QED) is 0.687. The number of thioether (sulfide) groups is 1. The third-order valence-electron chi connectivity index (χ3n) is 3.08. The van der Waals surface area contributed by atoms with Gasteiger partial charge in [0, 0.05) is 29.9 Å². The molecule has 0 saturated carbocycles. The van der Waals surface area contributed by atoms with E-state index in [4.69, 9.17) is 10.00 Å². The van der Waals surface area contributed by atoms with Crippen LogP contribution in [0.5, 0.6) is 5.88 Å². The summed E-state index contributed by atoms with van der Waals surface area (Å²) in [4.78, 5) is 16.3. The average molecular weight is 320 g/mol. The topological polar surface area (TPSA) is 63.0 Å². The first-order chi connectivity index (χ1) is 10.4. The van der Waals surface area contributed by atoms with Crippen LogP contribution in [0.1, 0.15) is 44.9 Å². The van der Waals surface area contributed by atoms with Crippen molar-refractivity contribution in [1.82, 2.24) is 4.98 Å². The SMILES string of the molecule is CC(C)CSC(CC(=O)C(C)C)c1ccc(OCC#N)nc1. The molecule has 1 heterocycles. The lowest BCUT2D eigenvalue weighted by atomic mass is 10.0. The van der Waals surface area contributed by atoms with Gasteiger partial charge < -0.3 is 4.74 Å². The Morgan fingerprint density at radius 3 is 2.59 bits per heavy atom. The Morgan fingerprint density at radius 1 is 1.36 bits per heavy atom. The van der Waals surface area contributed by atoms with Crippen LogP contribution in [-0.2, 0) is 4.79 Å².